The summed E-state index contributed by atoms with van der Waals surface area (Å²) in [6, 6.07) is 56.5. The standard InChI is InChI=1S/C58H62BrN3/c1-38-33-52(60-42-18-15-17-41(35-42)57(8,9)10)54(59)53(34-38)62(47-31-32-49-48-21-13-14-22-50(48)58(11,12)51(49)37-47)46-20-16-19-45(36-46)61(43-27-23-39(24-28-43)55(2,3)4)44-29-25-40(26-30-44)56(5,6)7/h13-37,60H,1-12H3. The van der Waals surface area contributed by atoms with Crippen LogP contribution in [0.3, 0.4) is 0 Å². The molecule has 0 saturated heterocycles. The summed E-state index contributed by atoms with van der Waals surface area (Å²) in [5.74, 6) is 0. The lowest BCUT2D eigenvalue weighted by Crippen LogP contribution is -2.17. The maximum Gasteiger partial charge on any atom is 0.0651 e. The molecule has 8 rings (SSSR count). The third-order valence-electron chi connectivity index (χ3n) is 12.6. The van der Waals surface area contributed by atoms with E-state index >= 15 is 0 Å². The Morgan fingerprint density at radius 3 is 1.56 bits per heavy atom. The molecule has 0 spiro atoms. The minimum Gasteiger partial charge on any atom is -0.355 e. The van der Waals surface area contributed by atoms with Gasteiger partial charge in [-0.15, -0.1) is 0 Å². The van der Waals surface area contributed by atoms with Crippen molar-refractivity contribution in [1.29, 1.82) is 0 Å². The van der Waals surface area contributed by atoms with Gasteiger partial charge in [-0.25, -0.2) is 0 Å². The van der Waals surface area contributed by atoms with Crippen LogP contribution in [0.4, 0.5) is 45.5 Å². The van der Waals surface area contributed by atoms with Crippen LogP contribution in [-0.4, -0.2) is 0 Å². The second-order valence-corrected chi connectivity index (χ2v) is 21.6. The monoisotopic (exact) mass is 879 g/mol. The van der Waals surface area contributed by atoms with E-state index in [1.165, 1.54) is 38.9 Å². The molecule has 7 aromatic carbocycles. The molecule has 0 atom stereocenters. The first-order chi connectivity index (χ1) is 29.2. The lowest BCUT2D eigenvalue weighted by Gasteiger charge is -2.32. The summed E-state index contributed by atoms with van der Waals surface area (Å²) in [5.41, 5.74) is 19.0. The van der Waals surface area contributed by atoms with Gasteiger partial charge in [-0.05, 0) is 162 Å². The second kappa shape index (κ2) is 16.0. The van der Waals surface area contributed by atoms with Crippen LogP contribution in [0.2, 0.25) is 0 Å². The molecular weight excluding hydrogens is 819 g/mol. The molecule has 0 saturated carbocycles. The molecular formula is C58H62BrN3. The highest BCUT2D eigenvalue weighted by atomic mass is 79.9. The fourth-order valence-corrected chi connectivity index (χ4v) is 9.43. The van der Waals surface area contributed by atoms with E-state index in [9.17, 15) is 0 Å². The van der Waals surface area contributed by atoms with Gasteiger partial charge in [-0.2, -0.15) is 0 Å². The number of aryl methyl sites for hydroxylation is 1. The number of nitrogens with one attached hydrogen (secondary N) is 1. The summed E-state index contributed by atoms with van der Waals surface area (Å²) >= 11 is 4.19. The molecule has 62 heavy (non-hydrogen) atoms. The van der Waals surface area contributed by atoms with Crippen LogP contribution in [0.5, 0.6) is 0 Å². The van der Waals surface area contributed by atoms with Crippen LogP contribution in [-0.2, 0) is 21.7 Å². The maximum absolute atomic E-state index is 4.19. The fraction of sp³-hybridized carbons (Fsp3) is 0.276. The molecule has 0 aliphatic heterocycles. The van der Waals surface area contributed by atoms with Crippen molar-refractivity contribution in [2.45, 2.75) is 105 Å². The Hall–Kier alpha value is -5.58. The van der Waals surface area contributed by atoms with E-state index in [2.05, 4.69) is 266 Å². The van der Waals surface area contributed by atoms with Crippen molar-refractivity contribution in [3.05, 3.63) is 190 Å². The van der Waals surface area contributed by atoms with Crippen LogP contribution in [0, 0.1) is 6.92 Å². The van der Waals surface area contributed by atoms with E-state index in [-0.39, 0.29) is 21.7 Å². The van der Waals surface area contributed by atoms with E-state index in [4.69, 9.17) is 0 Å². The molecule has 0 amide bonds. The number of anilines is 8. The molecule has 0 unspecified atom stereocenters. The van der Waals surface area contributed by atoms with Crippen molar-refractivity contribution in [1.82, 2.24) is 0 Å². The van der Waals surface area contributed by atoms with Gasteiger partial charge in [0.15, 0.2) is 0 Å². The van der Waals surface area contributed by atoms with E-state index < -0.39 is 0 Å². The molecule has 1 aliphatic rings. The zero-order valence-electron chi connectivity index (χ0n) is 38.7. The topological polar surface area (TPSA) is 18.5 Å². The maximum atomic E-state index is 4.19. The Bertz CT molecular complexity index is 2700. The SMILES string of the molecule is Cc1cc(Nc2cccc(C(C)(C)C)c2)c(Br)c(N(c2cccc(N(c3ccc(C(C)(C)C)cc3)c3ccc(C(C)(C)C)cc3)c2)c2ccc3c(c2)C(C)(C)c2ccccc2-3)c1. The third-order valence-corrected chi connectivity index (χ3v) is 13.4. The van der Waals surface area contributed by atoms with Crippen molar-refractivity contribution in [2.75, 3.05) is 15.1 Å². The first-order valence-corrected chi connectivity index (χ1v) is 22.8. The van der Waals surface area contributed by atoms with Crippen LogP contribution in [0.15, 0.2) is 156 Å². The van der Waals surface area contributed by atoms with Gasteiger partial charge < -0.3 is 15.1 Å². The third kappa shape index (κ3) is 8.34. The molecule has 4 heteroatoms. The van der Waals surface area contributed by atoms with E-state index in [1.807, 2.05) is 0 Å². The van der Waals surface area contributed by atoms with Gasteiger partial charge in [-0.1, -0.05) is 149 Å². The largest absolute Gasteiger partial charge is 0.355 e. The van der Waals surface area contributed by atoms with Gasteiger partial charge >= 0.3 is 0 Å². The number of hydrogen-bond donors (Lipinski definition) is 1. The second-order valence-electron chi connectivity index (χ2n) is 20.8. The quantitative estimate of drug-likeness (QED) is 0.164. The molecule has 0 bridgehead atoms. The highest BCUT2D eigenvalue weighted by Crippen LogP contribution is 2.52. The number of nitrogens with zero attached hydrogens (tertiary/aromatic N) is 2. The summed E-state index contributed by atoms with van der Waals surface area (Å²) in [5, 5.41) is 3.81. The van der Waals surface area contributed by atoms with Gasteiger partial charge in [0.05, 0.1) is 15.8 Å². The molecule has 316 valence electrons. The summed E-state index contributed by atoms with van der Waals surface area (Å²) in [6.45, 7) is 27.3. The van der Waals surface area contributed by atoms with Gasteiger partial charge in [0, 0.05) is 39.5 Å². The highest BCUT2D eigenvalue weighted by molar-refractivity contribution is 9.10. The molecule has 1 aliphatic carbocycles. The number of rotatable bonds is 8. The molecule has 0 aromatic heterocycles. The minimum atomic E-state index is -0.153. The van der Waals surface area contributed by atoms with Crippen LogP contribution >= 0.6 is 15.9 Å². The van der Waals surface area contributed by atoms with E-state index in [0.717, 1.165) is 55.5 Å². The van der Waals surface area contributed by atoms with E-state index in [0.29, 0.717) is 0 Å². The number of fused-ring (bicyclic) bond motifs is 3. The number of benzene rings is 7. The molecule has 7 aromatic rings. The van der Waals surface area contributed by atoms with E-state index in [1.54, 1.807) is 0 Å². The predicted molar refractivity (Wildman–Crippen MR) is 272 cm³/mol. The first kappa shape index (κ1) is 43.1. The summed E-state index contributed by atoms with van der Waals surface area (Å²) in [4.78, 5) is 4.82. The predicted octanol–water partition coefficient (Wildman–Crippen LogP) is 17.6. The Kier molecular flexibility index (Phi) is 11.1. The Balaban J connectivity index is 1.31. The van der Waals surface area contributed by atoms with Crippen LogP contribution in [0.1, 0.15) is 110 Å². The molecule has 0 fully saturated rings. The highest BCUT2D eigenvalue weighted by Gasteiger charge is 2.36. The average Bonchev–Trinajstić information content (AvgIpc) is 3.45. The van der Waals surface area contributed by atoms with Crippen LogP contribution in [0.25, 0.3) is 11.1 Å². The summed E-state index contributed by atoms with van der Waals surface area (Å²) in [7, 11) is 0. The molecule has 0 radical (unpaired) electrons. The van der Waals surface area contributed by atoms with Crippen molar-refractivity contribution in [3.8, 4) is 11.1 Å². The van der Waals surface area contributed by atoms with Crippen molar-refractivity contribution in [3.63, 3.8) is 0 Å². The van der Waals surface area contributed by atoms with Gasteiger partial charge in [0.1, 0.15) is 0 Å². The normalized spacial score (nSPS) is 13.4. The molecule has 0 heterocycles. The smallest absolute Gasteiger partial charge is 0.0651 e. The molecule has 3 nitrogen and oxygen atoms in total. The Morgan fingerprint density at radius 2 is 0.968 bits per heavy atom. The van der Waals surface area contributed by atoms with Gasteiger partial charge in [0.25, 0.3) is 0 Å². The summed E-state index contributed by atoms with van der Waals surface area (Å²) < 4.78 is 0.991. The Morgan fingerprint density at radius 1 is 0.452 bits per heavy atom. The lowest BCUT2D eigenvalue weighted by molar-refractivity contribution is 0.590. The number of halogens is 1. The zero-order chi connectivity index (χ0) is 44.4. The van der Waals surface area contributed by atoms with Crippen LogP contribution < -0.4 is 15.1 Å². The Labute approximate surface area is 380 Å². The zero-order valence-corrected chi connectivity index (χ0v) is 40.3. The van der Waals surface area contributed by atoms with Gasteiger partial charge in [0.2, 0.25) is 0 Å². The molecule has 1 N–H and O–H groups in total. The van der Waals surface area contributed by atoms with Crippen molar-refractivity contribution >= 4 is 61.4 Å². The first-order valence-electron chi connectivity index (χ1n) is 22.0. The van der Waals surface area contributed by atoms with Gasteiger partial charge in [-0.3, -0.25) is 0 Å². The number of hydrogen-bond acceptors (Lipinski definition) is 3. The lowest BCUT2D eigenvalue weighted by atomic mass is 9.82. The van der Waals surface area contributed by atoms with Crippen molar-refractivity contribution in [2.24, 2.45) is 0 Å². The summed E-state index contributed by atoms with van der Waals surface area (Å²) in [6.07, 6.45) is 0. The van der Waals surface area contributed by atoms with Crippen molar-refractivity contribution < 1.29 is 0 Å². The minimum absolute atomic E-state index is 0.0344. The average molecular weight is 881 g/mol. The fourth-order valence-electron chi connectivity index (χ4n) is 8.92.